The highest BCUT2D eigenvalue weighted by molar-refractivity contribution is 4.70. The SMILES string of the molecule is C=CCCCCCCCCCOC[C@@H]1COC(C)(C)O1. The van der Waals surface area contributed by atoms with Crippen molar-refractivity contribution in [1.29, 1.82) is 0 Å². The molecular weight excluding hydrogens is 252 g/mol. The zero-order chi connectivity index (χ0) is 14.7. The van der Waals surface area contributed by atoms with Crippen LogP contribution in [0.2, 0.25) is 0 Å². The van der Waals surface area contributed by atoms with Crippen LogP contribution in [-0.4, -0.2) is 31.7 Å². The van der Waals surface area contributed by atoms with Crippen LogP contribution < -0.4 is 0 Å². The van der Waals surface area contributed by atoms with E-state index >= 15 is 0 Å². The maximum Gasteiger partial charge on any atom is 0.163 e. The van der Waals surface area contributed by atoms with Crippen LogP contribution in [-0.2, 0) is 14.2 Å². The first-order valence-corrected chi connectivity index (χ1v) is 8.14. The monoisotopic (exact) mass is 284 g/mol. The van der Waals surface area contributed by atoms with E-state index in [0.29, 0.717) is 13.2 Å². The lowest BCUT2D eigenvalue weighted by atomic mass is 10.1. The summed E-state index contributed by atoms with van der Waals surface area (Å²) < 4.78 is 16.8. The second-order valence-corrected chi connectivity index (χ2v) is 6.08. The largest absolute Gasteiger partial charge is 0.379 e. The second-order valence-electron chi connectivity index (χ2n) is 6.08. The molecule has 0 aromatic carbocycles. The lowest BCUT2D eigenvalue weighted by Crippen LogP contribution is -2.24. The minimum Gasteiger partial charge on any atom is -0.379 e. The molecule has 0 aliphatic carbocycles. The van der Waals surface area contributed by atoms with Crippen molar-refractivity contribution in [3.05, 3.63) is 12.7 Å². The highest BCUT2D eigenvalue weighted by Gasteiger charge is 2.32. The Bertz CT molecular complexity index is 251. The molecule has 0 spiro atoms. The molecule has 1 saturated heterocycles. The molecule has 118 valence electrons. The van der Waals surface area contributed by atoms with Crippen molar-refractivity contribution in [3.8, 4) is 0 Å². The summed E-state index contributed by atoms with van der Waals surface area (Å²) in [4.78, 5) is 0. The Kier molecular flexibility index (Phi) is 9.16. The zero-order valence-electron chi connectivity index (χ0n) is 13.4. The molecule has 3 nitrogen and oxygen atoms in total. The quantitative estimate of drug-likeness (QED) is 0.391. The summed E-state index contributed by atoms with van der Waals surface area (Å²) in [5, 5.41) is 0. The molecule has 1 fully saturated rings. The van der Waals surface area contributed by atoms with Gasteiger partial charge in [0.25, 0.3) is 0 Å². The normalized spacial score (nSPS) is 21.2. The molecule has 0 saturated carbocycles. The van der Waals surface area contributed by atoms with Gasteiger partial charge in [-0.2, -0.15) is 0 Å². The van der Waals surface area contributed by atoms with Gasteiger partial charge in [0, 0.05) is 6.61 Å². The van der Waals surface area contributed by atoms with E-state index in [4.69, 9.17) is 14.2 Å². The molecule has 0 N–H and O–H groups in total. The molecule has 20 heavy (non-hydrogen) atoms. The zero-order valence-corrected chi connectivity index (χ0v) is 13.4. The molecule has 1 aliphatic rings. The van der Waals surface area contributed by atoms with Crippen LogP contribution in [0.25, 0.3) is 0 Å². The molecule has 1 rings (SSSR count). The van der Waals surface area contributed by atoms with Crippen molar-refractivity contribution in [2.45, 2.75) is 77.1 Å². The van der Waals surface area contributed by atoms with Gasteiger partial charge in [0.1, 0.15) is 6.10 Å². The minimum atomic E-state index is -0.431. The predicted octanol–water partition coefficient (Wildman–Crippen LogP) is 4.46. The number of rotatable bonds is 12. The fraction of sp³-hybridized carbons (Fsp3) is 0.882. The Balaban J connectivity index is 1.78. The van der Waals surface area contributed by atoms with E-state index in [1.54, 1.807) is 0 Å². The molecule has 1 aliphatic heterocycles. The van der Waals surface area contributed by atoms with Crippen LogP contribution in [0, 0.1) is 0 Å². The summed E-state index contributed by atoms with van der Waals surface area (Å²) >= 11 is 0. The van der Waals surface area contributed by atoms with Crippen molar-refractivity contribution >= 4 is 0 Å². The van der Waals surface area contributed by atoms with Crippen molar-refractivity contribution in [3.63, 3.8) is 0 Å². The number of allylic oxidation sites excluding steroid dienone is 1. The van der Waals surface area contributed by atoms with Gasteiger partial charge in [-0.25, -0.2) is 0 Å². The molecule has 0 bridgehead atoms. The van der Waals surface area contributed by atoms with Crippen LogP contribution in [0.4, 0.5) is 0 Å². The Morgan fingerprint density at radius 1 is 1.10 bits per heavy atom. The fourth-order valence-electron chi connectivity index (χ4n) is 2.44. The summed E-state index contributed by atoms with van der Waals surface area (Å²) in [5.41, 5.74) is 0. The van der Waals surface area contributed by atoms with Crippen LogP contribution in [0.15, 0.2) is 12.7 Å². The Hall–Kier alpha value is -0.380. The van der Waals surface area contributed by atoms with Crippen LogP contribution in [0.3, 0.4) is 0 Å². The maximum atomic E-state index is 5.69. The van der Waals surface area contributed by atoms with Crippen LogP contribution in [0.1, 0.15) is 65.2 Å². The van der Waals surface area contributed by atoms with E-state index in [2.05, 4.69) is 6.58 Å². The summed E-state index contributed by atoms with van der Waals surface area (Å²) in [7, 11) is 0. The third kappa shape index (κ3) is 8.72. The van der Waals surface area contributed by atoms with Gasteiger partial charge in [0.15, 0.2) is 5.79 Å². The lowest BCUT2D eigenvalue weighted by Gasteiger charge is -2.17. The average molecular weight is 284 g/mol. The van der Waals surface area contributed by atoms with Gasteiger partial charge < -0.3 is 14.2 Å². The third-order valence-corrected chi connectivity index (χ3v) is 3.57. The molecule has 0 aromatic heterocycles. The second kappa shape index (κ2) is 10.4. The van der Waals surface area contributed by atoms with Gasteiger partial charge in [-0.1, -0.05) is 38.2 Å². The van der Waals surface area contributed by atoms with E-state index in [-0.39, 0.29) is 6.10 Å². The minimum absolute atomic E-state index is 0.106. The van der Waals surface area contributed by atoms with E-state index in [9.17, 15) is 0 Å². The van der Waals surface area contributed by atoms with Crippen molar-refractivity contribution < 1.29 is 14.2 Å². The topological polar surface area (TPSA) is 27.7 Å². The first kappa shape index (κ1) is 17.7. The Morgan fingerprint density at radius 2 is 1.75 bits per heavy atom. The Labute approximate surface area is 124 Å². The van der Waals surface area contributed by atoms with Crippen molar-refractivity contribution in [2.24, 2.45) is 0 Å². The Morgan fingerprint density at radius 3 is 2.35 bits per heavy atom. The smallest absolute Gasteiger partial charge is 0.163 e. The molecule has 3 heteroatoms. The van der Waals surface area contributed by atoms with Crippen molar-refractivity contribution in [1.82, 2.24) is 0 Å². The van der Waals surface area contributed by atoms with Gasteiger partial charge in [-0.05, 0) is 33.1 Å². The molecule has 1 atom stereocenters. The summed E-state index contributed by atoms with van der Waals surface area (Å²) in [6.45, 7) is 9.79. The molecular formula is C17H32O3. The predicted molar refractivity (Wildman–Crippen MR) is 82.9 cm³/mol. The lowest BCUT2D eigenvalue weighted by molar-refractivity contribution is -0.145. The van der Waals surface area contributed by atoms with Crippen LogP contribution in [0.5, 0.6) is 0 Å². The van der Waals surface area contributed by atoms with E-state index < -0.39 is 5.79 Å². The fourth-order valence-corrected chi connectivity index (χ4v) is 2.44. The molecule has 1 heterocycles. The van der Waals surface area contributed by atoms with E-state index in [1.807, 2.05) is 19.9 Å². The molecule has 0 radical (unpaired) electrons. The average Bonchev–Trinajstić information content (AvgIpc) is 2.75. The van der Waals surface area contributed by atoms with Crippen molar-refractivity contribution in [2.75, 3.05) is 19.8 Å². The number of ether oxygens (including phenoxy) is 3. The van der Waals surface area contributed by atoms with E-state index in [0.717, 1.165) is 19.4 Å². The summed E-state index contributed by atoms with van der Waals surface area (Å²) in [6, 6.07) is 0. The maximum absolute atomic E-state index is 5.69. The van der Waals surface area contributed by atoms with Gasteiger partial charge in [-0.15, -0.1) is 6.58 Å². The molecule has 0 unspecified atom stereocenters. The standard InChI is InChI=1S/C17H32O3/c1-4-5-6-7-8-9-10-11-12-13-18-14-16-15-19-17(2,3)20-16/h4,16H,1,5-15H2,2-3H3/t16-/m1/s1. The first-order valence-electron chi connectivity index (χ1n) is 8.14. The summed E-state index contributed by atoms with van der Waals surface area (Å²) in [5.74, 6) is -0.431. The highest BCUT2D eigenvalue weighted by atomic mass is 16.7. The number of unbranched alkanes of at least 4 members (excludes halogenated alkanes) is 7. The number of hydrogen-bond donors (Lipinski definition) is 0. The van der Waals surface area contributed by atoms with Gasteiger partial charge in [0.2, 0.25) is 0 Å². The first-order chi connectivity index (χ1) is 9.64. The molecule has 0 amide bonds. The van der Waals surface area contributed by atoms with Gasteiger partial charge in [-0.3, -0.25) is 0 Å². The number of hydrogen-bond acceptors (Lipinski definition) is 3. The third-order valence-electron chi connectivity index (χ3n) is 3.57. The van der Waals surface area contributed by atoms with Gasteiger partial charge >= 0.3 is 0 Å². The molecule has 0 aromatic rings. The summed E-state index contributed by atoms with van der Waals surface area (Å²) in [6.07, 6.45) is 12.4. The van der Waals surface area contributed by atoms with E-state index in [1.165, 1.54) is 38.5 Å². The van der Waals surface area contributed by atoms with Gasteiger partial charge in [0.05, 0.1) is 13.2 Å². The highest BCUT2D eigenvalue weighted by Crippen LogP contribution is 2.22. The van der Waals surface area contributed by atoms with Crippen LogP contribution >= 0.6 is 0 Å².